The third-order valence-electron chi connectivity index (χ3n) is 19.5. The van der Waals surface area contributed by atoms with Crippen LogP contribution in [-0.4, -0.2) is 191 Å². The molecule has 2 fully saturated rings. The predicted octanol–water partition coefficient (Wildman–Crippen LogP) is 6.34. The molecule has 11 atom stereocenters. The van der Waals surface area contributed by atoms with Gasteiger partial charge in [0, 0.05) is 102 Å². The van der Waals surface area contributed by atoms with E-state index < -0.39 is 125 Å². The molecule has 0 radical (unpaired) electrons. The summed E-state index contributed by atoms with van der Waals surface area (Å²) in [5.41, 5.74) is 7.59. The maximum absolute atomic E-state index is 14.9. The second-order valence-corrected chi connectivity index (χ2v) is 27.6. The average Bonchev–Trinajstić information content (AvgIpc) is 1.78. The third-order valence-corrected chi connectivity index (χ3v) is 19.5. The van der Waals surface area contributed by atoms with Gasteiger partial charge >= 0.3 is 18.1 Å². The number of methoxy groups -OCH3 is 2. The lowest BCUT2D eigenvalue weighted by atomic mass is 9.81. The van der Waals surface area contributed by atoms with Crippen molar-refractivity contribution in [2.75, 3.05) is 46.7 Å². The third kappa shape index (κ3) is 22.3. The molecule has 2 aliphatic heterocycles. The summed E-state index contributed by atoms with van der Waals surface area (Å²) in [6.45, 7) is 17.0. The standard InChI is InChI=1S/C74H106N12O16/c1-14-46(6)66(57(99-12)41-62(90)85-38-22-28-58(85)74(9,100-13)48(8)67(92)78-47(7)39-49-23-16-15-17-24-49)83(10)71(96)64(44(2)3)82-70(95)65(45(4)5)84(11)73(98)101-43-50-31-33-52(34-32-50)79-68(93)55(27-21-37-76-72(75)97)81-69(94)56(40-51-42-77-54-26-19-18-25-53(51)54)80-59(87)29-20-30-63(91)102-86-60(88)35-36-61(86)89/h15-19,23-26,31-34,42,44-48,55-58,64-66,77H,14,20-22,27-30,35-41,43H2,1-13H3,(H,78,92)(H,79,93)(H,80,87)(H,81,94)(H,82,95)(H3,75,76,97)/t46-,47+,48-,55-,56+,57+,58-,64-,65-,66-,74-/m0/s1. The molecule has 9 N–H and O–H groups in total. The minimum Gasteiger partial charge on any atom is -0.445 e. The van der Waals surface area contributed by atoms with Crippen LogP contribution < -0.4 is 37.6 Å². The van der Waals surface area contributed by atoms with Crippen LogP contribution in [0.4, 0.5) is 15.3 Å². The molecule has 0 aliphatic carbocycles. The van der Waals surface area contributed by atoms with Gasteiger partial charge in [-0.2, -0.15) is 0 Å². The molecule has 3 aromatic carbocycles. The van der Waals surface area contributed by atoms with Crippen LogP contribution in [0.25, 0.3) is 10.9 Å². The van der Waals surface area contributed by atoms with Gasteiger partial charge in [-0.05, 0) is 105 Å². The number of amides is 12. The van der Waals surface area contributed by atoms with Gasteiger partial charge in [-0.1, -0.05) is 116 Å². The van der Waals surface area contributed by atoms with Crippen molar-refractivity contribution >= 4 is 87.8 Å². The Labute approximate surface area is 597 Å². The molecule has 6 rings (SSSR count). The Morgan fingerprint density at radius 3 is 2.02 bits per heavy atom. The quantitative estimate of drug-likeness (QED) is 0.0179. The van der Waals surface area contributed by atoms with Crippen LogP contribution in [0, 0.1) is 23.7 Å². The Bertz CT molecular complexity index is 3530. The van der Waals surface area contributed by atoms with Crippen LogP contribution in [-0.2, 0) is 86.4 Å². The topological polar surface area (TPSA) is 369 Å². The first-order chi connectivity index (χ1) is 48.4. The fraction of sp³-hybridized carbons (Fsp3) is 0.568. The maximum atomic E-state index is 14.9. The van der Waals surface area contributed by atoms with Crippen molar-refractivity contribution in [2.24, 2.45) is 29.4 Å². The lowest BCUT2D eigenvalue weighted by Gasteiger charge is -2.44. The van der Waals surface area contributed by atoms with E-state index in [2.05, 4.69) is 36.9 Å². The molecule has 558 valence electrons. The number of hydrogen-bond donors (Lipinski definition) is 8. The van der Waals surface area contributed by atoms with Gasteiger partial charge in [0.2, 0.25) is 41.4 Å². The van der Waals surface area contributed by atoms with Crippen molar-refractivity contribution in [3.05, 3.63) is 102 Å². The highest BCUT2D eigenvalue weighted by Crippen LogP contribution is 2.37. The van der Waals surface area contributed by atoms with E-state index in [0.717, 1.165) is 16.5 Å². The number of para-hydroxylation sites is 1. The van der Waals surface area contributed by atoms with E-state index in [1.807, 2.05) is 89.2 Å². The van der Waals surface area contributed by atoms with Crippen LogP contribution in [0.15, 0.2) is 85.1 Å². The van der Waals surface area contributed by atoms with Gasteiger partial charge in [0.1, 0.15) is 30.8 Å². The van der Waals surface area contributed by atoms with Crippen molar-refractivity contribution in [1.82, 2.24) is 51.3 Å². The van der Waals surface area contributed by atoms with E-state index >= 15 is 0 Å². The van der Waals surface area contributed by atoms with Gasteiger partial charge in [0.15, 0.2) is 0 Å². The number of H-pyrrole nitrogens is 1. The Morgan fingerprint density at radius 2 is 1.39 bits per heavy atom. The Hall–Kier alpha value is -9.44. The van der Waals surface area contributed by atoms with Crippen LogP contribution in [0.3, 0.4) is 0 Å². The molecule has 2 saturated heterocycles. The van der Waals surface area contributed by atoms with Crippen LogP contribution in [0.2, 0.25) is 0 Å². The van der Waals surface area contributed by atoms with Crippen molar-refractivity contribution < 1.29 is 76.6 Å². The number of primary amides is 1. The summed E-state index contributed by atoms with van der Waals surface area (Å²) in [7, 11) is 6.15. The molecule has 28 heteroatoms. The summed E-state index contributed by atoms with van der Waals surface area (Å²) in [5, 5.41) is 18.1. The Kier molecular flexibility index (Phi) is 30.8. The molecule has 3 heterocycles. The van der Waals surface area contributed by atoms with E-state index in [9.17, 15) is 57.5 Å². The number of nitrogens with two attached hydrogens (primary N) is 1. The normalized spacial score (nSPS) is 17.0. The van der Waals surface area contributed by atoms with Crippen LogP contribution in [0.5, 0.6) is 0 Å². The first kappa shape index (κ1) is 81.5. The van der Waals surface area contributed by atoms with Crippen LogP contribution >= 0.6 is 0 Å². The molecule has 12 amide bonds. The zero-order valence-electron chi connectivity index (χ0n) is 61.2. The summed E-state index contributed by atoms with van der Waals surface area (Å²) in [6.07, 6.45) is 1.98. The summed E-state index contributed by atoms with van der Waals surface area (Å²) in [6, 6.07) is 16.9. The van der Waals surface area contributed by atoms with E-state index in [1.165, 1.54) is 19.1 Å². The van der Waals surface area contributed by atoms with Crippen molar-refractivity contribution in [1.29, 1.82) is 0 Å². The Morgan fingerprint density at radius 1 is 0.725 bits per heavy atom. The minimum absolute atomic E-state index is 0.00621. The number of benzene rings is 3. The average molecular weight is 1420 g/mol. The van der Waals surface area contributed by atoms with E-state index in [1.54, 1.807) is 82.1 Å². The molecular weight excluding hydrogens is 1310 g/mol. The van der Waals surface area contributed by atoms with E-state index in [-0.39, 0.29) is 94.7 Å². The van der Waals surface area contributed by atoms with Gasteiger partial charge in [-0.3, -0.25) is 48.1 Å². The Balaban J connectivity index is 1.07. The maximum Gasteiger partial charge on any atom is 0.410 e. The number of imide groups is 1. The second-order valence-electron chi connectivity index (χ2n) is 27.6. The fourth-order valence-corrected chi connectivity index (χ4v) is 13.4. The number of rotatable bonds is 38. The number of likely N-dealkylation sites (tertiary alicyclic amines) is 1. The number of urea groups is 1. The highest BCUT2D eigenvalue weighted by molar-refractivity contribution is 6.02. The molecular formula is C74H106N12O16. The number of nitrogens with zero attached hydrogens (tertiary/aromatic N) is 4. The summed E-state index contributed by atoms with van der Waals surface area (Å²) >= 11 is 0. The van der Waals surface area contributed by atoms with E-state index in [4.69, 9.17) is 24.8 Å². The molecule has 28 nitrogen and oxygen atoms in total. The number of anilines is 1. The number of aromatic amines is 1. The number of ether oxygens (including phenoxy) is 3. The number of hydrogen-bond acceptors (Lipinski definition) is 16. The largest absolute Gasteiger partial charge is 0.445 e. The van der Waals surface area contributed by atoms with Gasteiger partial charge in [0.25, 0.3) is 11.8 Å². The van der Waals surface area contributed by atoms with Crippen molar-refractivity contribution in [2.45, 2.75) is 206 Å². The molecule has 0 bridgehead atoms. The second kappa shape index (κ2) is 38.6. The van der Waals surface area contributed by atoms with Crippen molar-refractivity contribution in [3.8, 4) is 0 Å². The zero-order valence-corrected chi connectivity index (χ0v) is 61.2. The van der Waals surface area contributed by atoms with E-state index in [0.29, 0.717) is 54.1 Å². The molecule has 1 aromatic heterocycles. The molecule has 4 aromatic rings. The zero-order chi connectivity index (χ0) is 75.1. The van der Waals surface area contributed by atoms with Crippen LogP contribution in [0.1, 0.15) is 150 Å². The number of aromatic nitrogens is 1. The molecule has 102 heavy (non-hydrogen) atoms. The summed E-state index contributed by atoms with van der Waals surface area (Å²) < 4.78 is 18.1. The molecule has 0 spiro atoms. The SMILES string of the molecule is CC[C@H](C)[C@@H]([C@@H](CC(=O)N1CCC[C@H]1[C@@](C)(OC)[C@@H](C)C(=O)N[C@H](C)Cc1ccccc1)OC)N(C)C(=O)[C@@H](NC(=O)[C@H](C(C)C)N(C)C(=O)OCc1ccc(NC(=O)[C@H](CCCNC(N)=O)NC(=O)[C@@H](Cc2c[nH]c3ccccc23)NC(=O)CCCC(=O)ON2C(=O)CCC2=O)cc1)C(C)C. The number of hydroxylamine groups is 2. The van der Waals surface area contributed by atoms with Gasteiger partial charge in [-0.25, -0.2) is 14.4 Å². The highest BCUT2D eigenvalue weighted by atomic mass is 16.7. The first-order valence-corrected chi connectivity index (χ1v) is 35.3. The van der Waals surface area contributed by atoms with Gasteiger partial charge in [0.05, 0.1) is 36.1 Å². The number of carbonyl (C=O) groups excluding carboxylic acids is 12. The van der Waals surface area contributed by atoms with Gasteiger partial charge in [-0.15, -0.1) is 5.06 Å². The summed E-state index contributed by atoms with van der Waals surface area (Å²) in [4.78, 5) is 174. The minimum atomic E-state index is -1.25. The molecule has 0 saturated carbocycles. The monoisotopic (exact) mass is 1420 g/mol. The van der Waals surface area contributed by atoms with Crippen molar-refractivity contribution in [3.63, 3.8) is 0 Å². The molecule has 2 aliphatic rings. The number of fused-ring (bicyclic) bond motifs is 1. The summed E-state index contributed by atoms with van der Waals surface area (Å²) in [5.74, 6) is -7.29. The lowest BCUT2D eigenvalue weighted by molar-refractivity contribution is -0.197. The predicted molar refractivity (Wildman–Crippen MR) is 381 cm³/mol. The smallest absolute Gasteiger partial charge is 0.410 e. The number of nitrogens with one attached hydrogen (secondary N) is 7. The fourth-order valence-electron chi connectivity index (χ4n) is 13.4. The lowest BCUT2D eigenvalue weighted by Crippen LogP contribution is -2.61. The highest BCUT2D eigenvalue weighted by Gasteiger charge is 2.50. The molecule has 0 unspecified atom stereocenters. The first-order valence-electron chi connectivity index (χ1n) is 35.3. The van der Waals surface area contributed by atoms with Gasteiger partial charge < -0.3 is 71.5 Å². The number of likely N-dealkylation sites (N-methyl/N-ethyl adjacent to an activating group) is 2. The number of carbonyl (C=O) groups is 12.